The predicted octanol–water partition coefficient (Wildman–Crippen LogP) is 2.34. The van der Waals surface area contributed by atoms with E-state index in [1.165, 1.54) is 16.0 Å². The third-order valence-corrected chi connectivity index (χ3v) is 5.41. The smallest absolute Gasteiger partial charge is 0.292 e. The monoisotopic (exact) mass is 367 g/mol. The van der Waals surface area contributed by atoms with Crippen molar-refractivity contribution in [3.63, 3.8) is 0 Å². The van der Waals surface area contributed by atoms with E-state index in [2.05, 4.69) is 18.2 Å². The average Bonchev–Trinajstić information content (AvgIpc) is 2.97. The van der Waals surface area contributed by atoms with E-state index in [1.807, 2.05) is 18.2 Å². The molecule has 0 radical (unpaired) electrons. The van der Waals surface area contributed by atoms with Gasteiger partial charge in [0.25, 0.3) is 5.91 Å². The van der Waals surface area contributed by atoms with Crippen LogP contribution < -0.4 is 9.80 Å². The van der Waals surface area contributed by atoms with Crippen molar-refractivity contribution in [3.8, 4) is 0 Å². The highest BCUT2D eigenvalue weighted by atomic mass is 35.5. The Morgan fingerprint density at radius 2 is 1.85 bits per heavy atom. The van der Waals surface area contributed by atoms with Gasteiger partial charge < -0.3 is 4.90 Å². The molecule has 132 valence electrons. The highest BCUT2D eigenvalue weighted by molar-refractivity contribution is 6.31. The van der Waals surface area contributed by atoms with Gasteiger partial charge >= 0.3 is 0 Å². The van der Waals surface area contributed by atoms with E-state index in [1.54, 1.807) is 24.3 Å². The largest absolute Gasteiger partial charge is 0.321 e. The Kier molecular flexibility index (Phi) is 4.62. The molecule has 2 aromatic rings. The first-order valence-corrected chi connectivity index (χ1v) is 9.22. The number of imide groups is 1. The lowest BCUT2D eigenvalue weighted by Gasteiger charge is -2.27. The maximum Gasteiger partial charge on any atom is 0.292 e. The Bertz CT molecular complexity index is 879. The summed E-state index contributed by atoms with van der Waals surface area (Å²) in [7, 11) is 0. The molecule has 0 aliphatic carbocycles. The van der Waals surface area contributed by atoms with Crippen molar-refractivity contribution in [2.45, 2.75) is 18.9 Å². The number of anilines is 1. The van der Waals surface area contributed by atoms with E-state index in [0.29, 0.717) is 10.7 Å². The maximum atomic E-state index is 12.9. The SMILES string of the molecule is O=C1C[C@H]([NH+]2CC=C(c3ccccc3)CC2)C(=O)N1c1cccc(Cl)c1. The van der Waals surface area contributed by atoms with E-state index in [-0.39, 0.29) is 24.3 Å². The van der Waals surface area contributed by atoms with Gasteiger partial charge in [-0.2, -0.15) is 0 Å². The summed E-state index contributed by atoms with van der Waals surface area (Å²) in [4.78, 5) is 27.8. The Hall–Kier alpha value is -2.43. The molecule has 1 fully saturated rings. The summed E-state index contributed by atoms with van der Waals surface area (Å²) in [6, 6.07) is 16.9. The van der Waals surface area contributed by atoms with Gasteiger partial charge in [-0.3, -0.25) is 9.59 Å². The number of nitrogens with one attached hydrogen (secondary N) is 1. The third-order valence-electron chi connectivity index (χ3n) is 5.18. The molecule has 2 amide bonds. The summed E-state index contributed by atoms with van der Waals surface area (Å²) < 4.78 is 0. The molecular formula is C21H20ClN2O2+. The van der Waals surface area contributed by atoms with Crippen molar-refractivity contribution in [1.82, 2.24) is 0 Å². The minimum atomic E-state index is -0.310. The maximum absolute atomic E-state index is 12.9. The Morgan fingerprint density at radius 1 is 1.04 bits per heavy atom. The van der Waals surface area contributed by atoms with Crippen LogP contribution in [0.2, 0.25) is 5.02 Å². The lowest BCUT2D eigenvalue weighted by Crippen LogP contribution is -3.17. The minimum Gasteiger partial charge on any atom is -0.321 e. The summed E-state index contributed by atoms with van der Waals surface area (Å²) in [6.45, 7) is 1.62. The number of nitrogens with zero attached hydrogens (tertiary/aromatic N) is 1. The van der Waals surface area contributed by atoms with Gasteiger partial charge in [0, 0.05) is 11.4 Å². The highest BCUT2D eigenvalue weighted by Gasteiger charge is 2.45. The number of rotatable bonds is 3. The Labute approximate surface area is 157 Å². The Balaban J connectivity index is 1.50. The molecule has 2 aromatic carbocycles. The van der Waals surface area contributed by atoms with Gasteiger partial charge in [0.2, 0.25) is 5.91 Å². The van der Waals surface area contributed by atoms with Gasteiger partial charge in [-0.15, -0.1) is 0 Å². The molecule has 2 aliphatic heterocycles. The molecule has 1 N–H and O–H groups in total. The predicted molar refractivity (Wildman–Crippen MR) is 102 cm³/mol. The second-order valence-corrected chi connectivity index (χ2v) is 7.20. The van der Waals surface area contributed by atoms with Crippen LogP contribution in [0, 0.1) is 0 Å². The molecule has 4 nitrogen and oxygen atoms in total. The standard InChI is InChI=1S/C21H19ClN2O2/c22-17-7-4-8-18(13-17)24-20(25)14-19(21(24)26)23-11-9-16(10-12-23)15-5-2-1-3-6-15/h1-9,13,19H,10-12,14H2/p+1/t19-/m0/s1. The van der Waals surface area contributed by atoms with Gasteiger partial charge in [-0.25, -0.2) is 4.90 Å². The fourth-order valence-electron chi connectivity index (χ4n) is 3.82. The van der Waals surface area contributed by atoms with Gasteiger partial charge in [0.15, 0.2) is 6.04 Å². The third kappa shape index (κ3) is 3.18. The molecule has 2 aliphatic rings. The first-order chi connectivity index (χ1) is 12.6. The molecule has 26 heavy (non-hydrogen) atoms. The summed E-state index contributed by atoms with van der Waals surface area (Å²) in [5.74, 6) is -0.267. The number of halogens is 1. The number of hydrogen-bond donors (Lipinski definition) is 1. The van der Waals surface area contributed by atoms with Gasteiger partial charge in [0.05, 0.1) is 25.2 Å². The van der Waals surface area contributed by atoms with E-state index in [0.717, 1.165) is 24.4 Å². The summed E-state index contributed by atoms with van der Waals surface area (Å²) >= 11 is 6.02. The summed E-state index contributed by atoms with van der Waals surface area (Å²) in [5, 5.41) is 0.521. The Morgan fingerprint density at radius 3 is 2.54 bits per heavy atom. The quantitative estimate of drug-likeness (QED) is 0.846. The molecule has 0 aromatic heterocycles. The van der Waals surface area contributed by atoms with Gasteiger partial charge in [0.1, 0.15) is 0 Å². The van der Waals surface area contributed by atoms with Crippen molar-refractivity contribution in [3.05, 3.63) is 71.3 Å². The molecule has 5 heteroatoms. The van der Waals surface area contributed by atoms with E-state index in [9.17, 15) is 9.59 Å². The van der Waals surface area contributed by atoms with Crippen LogP contribution in [-0.4, -0.2) is 30.9 Å². The van der Waals surface area contributed by atoms with Crippen LogP contribution in [0.3, 0.4) is 0 Å². The topological polar surface area (TPSA) is 41.8 Å². The number of quaternary nitrogens is 1. The fraction of sp³-hybridized carbons (Fsp3) is 0.238. The van der Waals surface area contributed by atoms with Gasteiger partial charge in [-0.1, -0.05) is 48.0 Å². The van der Waals surface area contributed by atoms with Crippen molar-refractivity contribution in [2.75, 3.05) is 18.0 Å². The molecule has 0 saturated carbocycles. The minimum absolute atomic E-state index is 0.121. The van der Waals surface area contributed by atoms with Crippen molar-refractivity contribution >= 4 is 34.7 Å². The van der Waals surface area contributed by atoms with Crippen LogP contribution in [0.25, 0.3) is 5.57 Å². The van der Waals surface area contributed by atoms with Crippen molar-refractivity contribution in [1.29, 1.82) is 0 Å². The van der Waals surface area contributed by atoms with Crippen molar-refractivity contribution < 1.29 is 14.5 Å². The molecule has 4 rings (SSSR count). The lowest BCUT2D eigenvalue weighted by molar-refractivity contribution is -0.909. The van der Waals surface area contributed by atoms with E-state index >= 15 is 0 Å². The molecule has 0 bridgehead atoms. The number of hydrogen-bond acceptors (Lipinski definition) is 2. The molecule has 2 heterocycles. The van der Waals surface area contributed by atoms with Gasteiger partial charge in [-0.05, 0) is 35.4 Å². The van der Waals surface area contributed by atoms with Crippen LogP contribution in [-0.2, 0) is 9.59 Å². The van der Waals surface area contributed by atoms with Crippen molar-refractivity contribution in [2.24, 2.45) is 0 Å². The number of carbonyl (C=O) groups excluding carboxylic acids is 2. The number of benzene rings is 2. The van der Waals surface area contributed by atoms with Crippen LogP contribution >= 0.6 is 11.6 Å². The molecular weight excluding hydrogens is 348 g/mol. The molecule has 1 saturated heterocycles. The van der Waals surface area contributed by atoms with Crippen LogP contribution in [0.15, 0.2) is 60.7 Å². The molecule has 1 unspecified atom stereocenters. The molecule has 0 spiro atoms. The summed E-state index contributed by atoms with van der Waals surface area (Å²) in [5.41, 5.74) is 3.12. The lowest BCUT2D eigenvalue weighted by atomic mass is 9.98. The fourth-order valence-corrected chi connectivity index (χ4v) is 4.01. The summed E-state index contributed by atoms with van der Waals surface area (Å²) in [6.07, 6.45) is 3.37. The highest BCUT2D eigenvalue weighted by Crippen LogP contribution is 2.25. The second kappa shape index (κ2) is 7.06. The first-order valence-electron chi connectivity index (χ1n) is 8.85. The van der Waals surface area contributed by atoms with Crippen LogP contribution in [0.4, 0.5) is 5.69 Å². The number of carbonyl (C=O) groups is 2. The first kappa shape index (κ1) is 17.0. The van der Waals surface area contributed by atoms with Crippen LogP contribution in [0.5, 0.6) is 0 Å². The normalized spacial score (nSPS) is 23.3. The number of amides is 2. The second-order valence-electron chi connectivity index (χ2n) is 6.76. The van der Waals surface area contributed by atoms with E-state index in [4.69, 9.17) is 11.6 Å². The zero-order chi connectivity index (χ0) is 18.1. The van der Waals surface area contributed by atoms with E-state index < -0.39 is 0 Å². The average molecular weight is 368 g/mol. The zero-order valence-corrected chi connectivity index (χ0v) is 15.1. The van der Waals surface area contributed by atoms with Crippen LogP contribution in [0.1, 0.15) is 18.4 Å². The molecule has 2 atom stereocenters. The zero-order valence-electron chi connectivity index (χ0n) is 14.3.